The minimum absolute atomic E-state index is 0.0514. The van der Waals surface area contributed by atoms with Crippen LogP contribution in [0.1, 0.15) is 6.92 Å². The minimum atomic E-state index is -3.92. The second kappa shape index (κ2) is 7.29. The minimum Gasteiger partial charge on any atom is -0.495 e. The van der Waals surface area contributed by atoms with Gasteiger partial charge in [0.05, 0.1) is 28.4 Å². The second-order valence-electron chi connectivity index (χ2n) is 4.77. The molecule has 0 atom stereocenters. The summed E-state index contributed by atoms with van der Waals surface area (Å²) >= 11 is 11.8. The molecule has 2 rings (SSSR count). The van der Waals surface area contributed by atoms with Gasteiger partial charge in [-0.1, -0.05) is 23.2 Å². The van der Waals surface area contributed by atoms with Crippen LogP contribution in [0.3, 0.4) is 0 Å². The Morgan fingerprint density at radius 3 is 2.42 bits per heavy atom. The van der Waals surface area contributed by atoms with E-state index < -0.39 is 10.0 Å². The summed E-state index contributed by atoms with van der Waals surface area (Å²) in [6.07, 6.45) is 0. The number of halogens is 2. The predicted octanol–water partition coefficient (Wildman–Crippen LogP) is 3.76. The van der Waals surface area contributed by atoms with Gasteiger partial charge in [0.1, 0.15) is 5.75 Å². The van der Waals surface area contributed by atoms with Gasteiger partial charge in [-0.05, 0) is 30.3 Å². The molecule has 0 aliphatic heterocycles. The molecule has 0 bridgehead atoms. The fourth-order valence-electron chi connectivity index (χ4n) is 1.91. The van der Waals surface area contributed by atoms with Crippen LogP contribution < -0.4 is 14.8 Å². The van der Waals surface area contributed by atoms with Gasteiger partial charge in [-0.15, -0.1) is 0 Å². The van der Waals surface area contributed by atoms with E-state index in [-0.39, 0.29) is 27.3 Å². The number of anilines is 2. The van der Waals surface area contributed by atoms with E-state index in [1.165, 1.54) is 44.4 Å². The molecule has 0 fully saturated rings. The Kier molecular flexibility index (Phi) is 5.58. The quantitative estimate of drug-likeness (QED) is 0.816. The normalized spacial score (nSPS) is 11.0. The number of nitrogens with one attached hydrogen (secondary N) is 2. The molecule has 0 aliphatic carbocycles. The standard InChI is InChI=1S/C15H14Cl2N2O4S/c1-9(20)18-13-6-4-11(8-15(13)23-2)24(21,22)19-14-7-10(16)3-5-12(14)17/h3-8,19H,1-2H3,(H,18,20). The van der Waals surface area contributed by atoms with Crippen molar-refractivity contribution in [1.82, 2.24) is 0 Å². The lowest BCUT2D eigenvalue weighted by atomic mass is 10.3. The number of benzene rings is 2. The van der Waals surface area contributed by atoms with Gasteiger partial charge >= 0.3 is 0 Å². The van der Waals surface area contributed by atoms with Crippen molar-refractivity contribution in [3.8, 4) is 5.75 Å². The first kappa shape index (κ1) is 18.4. The summed E-state index contributed by atoms with van der Waals surface area (Å²) in [5, 5.41) is 3.11. The van der Waals surface area contributed by atoms with Gasteiger partial charge in [-0.3, -0.25) is 9.52 Å². The van der Waals surface area contributed by atoms with E-state index in [2.05, 4.69) is 10.0 Å². The van der Waals surface area contributed by atoms with Gasteiger partial charge in [0.2, 0.25) is 5.91 Å². The number of hydrogen-bond acceptors (Lipinski definition) is 4. The molecule has 6 nitrogen and oxygen atoms in total. The highest BCUT2D eigenvalue weighted by Crippen LogP contribution is 2.31. The number of carbonyl (C=O) groups excluding carboxylic acids is 1. The van der Waals surface area contributed by atoms with Crippen LogP contribution in [0, 0.1) is 0 Å². The molecule has 2 aromatic carbocycles. The van der Waals surface area contributed by atoms with Crippen molar-refractivity contribution in [2.24, 2.45) is 0 Å². The second-order valence-corrected chi connectivity index (χ2v) is 7.30. The molecule has 9 heteroatoms. The fourth-order valence-corrected chi connectivity index (χ4v) is 3.39. The zero-order valence-electron chi connectivity index (χ0n) is 12.8. The number of methoxy groups -OCH3 is 1. The van der Waals surface area contributed by atoms with E-state index >= 15 is 0 Å². The molecule has 0 heterocycles. The lowest BCUT2D eigenvalue weighted by Crippen LogP contribution is -2.14. The molecule has 0 saturated carbocycles. The highest BCUT2D eigenvalue weighted by Gasteiger charge is 2.18. The molecule has 0 aliphatic rings. The molecule has 0 aromatic heterocycles. The summed E-state index contributed by atoms with van der Waals surface area (Å²) in [5.41, 5.74) is 0.527. The first-order valence-electron chi connectivity index (χ1n) is 6.66. The van der Waals surface area contributed by atoms with Crippen molar-refractivity contribution in [3.05, 3.63) is 46.4 Å². The van der Waals surface area contributed by atoms with Crippen molar-refractivity contribution in [1.29, 1.82) is 0 Å². The number of rotatable bonds is 5. The number of ether oxygens (including phenoxy) is 1. The van der Waals surface area contributed by atoms with Crippen LogP contribution in [0.15, 0.2) is 41.3 Å². The maximum Gasteiger partial charge on any atom is 0.262 e. The Morgan fingerprint density at radius 2 is 1.79 bits per heavy atom. The third-order valence-electron chi connectivity index (χ3n) is 2.97. The number of amides is 1. The number of sulfonamides is 1. The summed E-state index contributed by atoms with van der Waals surface area (Å²) in [4.78, 5) is 11.1. The van der Waals surface area contributed by atoms with Crippen LogP contribution in [0.25, 0.3) is 0 Å². The highest BCUT2D eigenvalue weighted by molar-refractivity contribution is 7.92. The zero-order chi connectivity index (χ0) is 17.9. The van der Waals surface area contributed by atoms with Gasteiger partial charge in [-0.2, -0.15) is 0 Å². The van der Waals surface area contributed by atoms with Gasteiger partial charge in [0.15, 0.2) is 0 Å². The van der Waals surface area contributed by atoms with E-state index in [1.807, 2.05) is 0 Å². The molecule has 0 radical (unpaired) electrons. The number of carbonyl (C=O) groups is 1. The maximum absolute atomic E-state index is 12.5. The third-order valence-corrected chi connectivity index (χ3v) is 4.89. The molecule has 24 heavy (non-hydrogen) atoms. The predicted molar refractivity (Wildman–Crippen MR) is 94.6 cm³/mol. The molecule has 0 unspecified atom stereocenters. The van der Waals surface area contributed by atoms with Crippen molar-refractivity contribution < 1.29 is 17.9 Å². The molecule has 0 saturated heterocycles. The van der Waals surface area contributed by atoms with E-state index in [0.717, 1.165) is 0 Å². The summed E-state index contributed by atoms with van der Waals surface area (Å²) in [7, 11) is -2.54. The lowest BCUT2D eigenvalue weighted by molar-refractivity contribution is -0.114. The third kappa shape index (κ3) is 4.31. The SMILES string of the molecule is COc1cc(S(=O)(=O)Nc2cc(Cl)ccc2Cl)ccc1NC(C)=O. The Morgan fingerprint density at radius 1 is 1.08 bits per heavy atom. The van der Waals surface area contributed by atoms with E-state index in [0.29, 0.717) is 10.7 Å². The first-order chi connectivity index (χ1) is 11.2. The lowest BCUT2D eigenvalue weighted by Gasteiger charge is -2.13. The molecular formula is C15H14Cl2N2O4S. The summed E-state index contributed by atoms with van der Waals surface area (Å²) in [6.45, 7) is 1.34. The molecule has 2 N–H and O–H groups in total. The Labute approximate surface area is 149 Å². The average Bonchev–Trinajstić information content (AvgIpc) is 2.50. The monoisotopic (exact) mass is 388 g/mol. The van der Waals surface area contributed by atoms with E-state index in [4.69, 9.17) is 27.9 Å². The summed E-state index contributed by atoms with van der Waals surface area (Å²) < 4.78 is 32.5. The highest BCUT2D eigenvalue weighted by atomic mass is 35.5. The van der Waals surface area contributed by atoms with Crippen LogP contribution in [0.5, 0.6) is 5.75 Å². The van der Waals surface area contributed by atoms with Crippen LogP contribution in [-0.2, 0) is 14.8 Å². The van der Waals surface area contributed by atoms with Crippen LogP contribution >= 0.6 is 23.2 Å². The molecule has 128 valence electrons. The Hall–Kier alpha value is -1.96. The van der Waals surface area contributed by atoms with Gasteiger partial charge < -0.3 is 10.1 Å². The van der Waals surface area contributed by atoms with Crippen molar-refractivity contribution in [2.45, 2.75) is 11.8 Å². The summed E-state index contributed by atoms with van der Waals surface area (Å²) in [5.74, 6) is -0.0852. The molecule has 0 spiro atoms. The van der Waals surface area contributed by atoms with Crippen LogP contribution in [-0.4, -0.2) is 21.4 Å². The number of hydrogen-bond donors (Lipinski definition) is 2. The van der Waals surface area contributed by atoms with Crippen molar-refractivity contribution in [3.63, 3.8) is 0 Å². The zero-order valence-corrected chi connectivity index (χ0v) is 15.1. The topological polar surface area (TPSA) is 84.5 Å². The Bertz CT molecular complexity index is 885. The molecular weight excluding hydrogens is 375 g/mol. The van der Waals surface area contributed by atoms with Gasteiger partial charge in [0, 0.05) is 18.0 Å². The van der Waals surface area contributed by atoms with E-state index in [1.54, 1.807) is 6.07 Å². The van der Waals surface area contributed by atoms with Crippen molar-refractivity contribution in [2.75, 3.05) is 17.1 Å². The average molecular weight is 389 g/mol. The maximum atomic E-state index is 12.5. The summed E-state index contributed by atoms with van der Waals surface area (Å²) in [6, 6.07) is 8.52. The largest absolute Gasteiger partial charge is 0.495 e. The van der Waals surface area contributed by atoms with Crippen LogP contribution in [0.4, 0.5) is 11.4 Å². The van der Waals surface area contributed by atoms with E-state index in [9.17, 15) is 13.2 Å². The first-order valence-corrected chi connectivity index (χ1v) is 8.90. The fraction of sp³-hybridized carbons (Fsp3) is 0.133. The smallest absolute Gasteiger partial charge is 0.262 e. The van der Waals surface area contributed by atoms with Crippen molar-refractivity contribution >= 4 is 50.5 Å². The van der Waals surface area contributed by atoms with Gasteiger partial charge in [0.25, 0.3) is 10.0 Å². The van der Waals surface area contributed by atoms with Gasteiger partial charge in [-0.25, -0.2) is 8.42 Å². The van der Waals surface area contributed by atoms with Crippen LogP contribution in [0.2, 0.25) is 10.0 Å². The molecule has 2 aromatic rings. The molecule has 1 amide bonds. The Balaban J connectivity index is 2.38.